The molecule has 2 aromatic carbocycles. The van der Waals surface area contributed by atoms with Gasteiger partial charge in [-0.3, -0.25) is 4.72 Å². The topological polar surface area (TPSA) is 72.2 Å². The highest BCUT2D eigenvalue weighted by atomic mass is 79.9. The van der Waals surface area contributed by atoms with Crippen LogP contribution in [-0.2, 0) is 10.0 Å². The highest BCUT2D eigenvalue weighted by Crippen LogP contribution is 2.29. The van der Waals surface area contributed by atoms with Crippen LogP contribution in [0.3, 0.4) is 0 Å². The maximum absolute atomic E-state index is 12.2. The Balaban J connectivity index is 2.40. The van der Waals surface area contributed by atoms with Crippen molar-refractivity contribution in [1.29, 1.82) is 0 Å². The van der Waals surface area contributed by atoms with Gasteiger partial charge in [-0.2, -0.15) is 0 Å². The molecule has 19 heavy (non-hydrogen) atoms. The van der Waals surface area contributed by atoms with Crippen molar-refractivity contribution in [3.8, 4) is 0 Å². The first kappa shape index (κ1) is 14.4. The van der Waals surface area contributed by atoms with Gasteiger partial charge in [0.25, 0.3) is 10.0 Å². The summed E-state index contributed by atoms with van der Waals surface area (Å²) in [5.74, 6) is 0. The third-order valence-electron chi connectivity index (χ3n) is 2.38. The Bertz CT molecular complexity index is 717. The van der Waals surface area contributed by atoms with Crippen molar-refractivity contribution >= 4 is 53.3 Å². The fraction of sp³-hybridized carbons (Fsp3) is 0. The maximum Gasteiger partial charge on any atom is 0.263 e. The molecule has 0 bridgehead atoms. The number of nitrogens with one attached hydrogen (secondary N) is 1. The molecule has 2 rings (SSSR count). The van der Waals surface area contributed by atoms with Gasteiger partial charge in [-0.1, -0.05) is 28.1 Å². The Morgan fingerprint density at radius 1 is 1.05 bits per heavy atom. The smallest absolute Gasteiger partial charge is 0.263 e. The molecular weight excluding hydrogens is 396 g/mol. The molecule has 0 radical (unpaired) electrons. The first-order valence-electron chi connectivity index (χ1n) is 5.22. The van der Waals surface area contributed by atoms with Crippen LogP contribution in [0.25, 0.3) is 0 Å². The number of anilines is 2. The van der Waals surface area contributed by atoms with Crippen molar-refractivity contribution in [3.05, 3.63) is 51.4 Å². The normalized spacial score (nSPS) is 11.3. The number of nitrogens with two attached hydrogens (primary N) is 1. The van der Waals surface area contributed by atoms with Crippen LogP contribution in [0.1, 0.15) is 0 Å². The Labute approximate surface area is 128 Å². The van der Waals surface area contributed by atoms with E-state index in [0.717, 1.165) is 4.47 Å². The highest BCUT2D eigenvalue weighted by Gasteiger charge is 2.18. The van der Waals surface area contributed by atoms with Crippen LogP contribution < -0.4 is 10.5 Å². The standard InChI is InChI=1S/C12H10Br2N2O2S/c13-8-5-6-11(9(14)7-8)16-19(17,18)12-4-2-1-3-10(12)15/h1-7,16H,15H2. The Morgan fingerprint density at radius 3 is 2.37 bits per heavy atom. The van der Waals surface area contributed by atoms with E-state index < -0.39 is 10.0 Å². The lowest BCUT2D eigenvalue weighted by Crippen LogP contribution is -2.15. The lowest BCUT2D eigenvalue weighted by Gasteiger charge is -2.11. The van der Waals surface area contributed by atoms with Crippen LogP contribution in [-0.4, -0.2) is 8.42 Å². The molecule has 2 aromatic rings. The zero-order valence-corrected chi connectivity index (χ0v) is 13.6. The van der Waals surface area contributed by atoms with Crippen molar-refractivity contribution in [2.75, 3.05) is 10.5 Å². The summed E-state index contributed by atoms with van der Waals surface area (Å²) < 4.78 is 28.5. The fourth-order valence-electron chi connectivity index (χ4n) is 1.50. The molecular formula is C12H10Br2N2O2S. The van der Waals surface area contributed by atoms with E-state index in [9.17, 15) is 8.42 Å². The SMILES string of the molecule is Nc1ccccc1S(=O)(=O)Nc1ccc(Br)cc1Br. The number of halogens is 2. The Hall–Kier alpha value is -1.05. The van der Waals surface area contributed by atoms with Gasteiger partial charge in [0.2, 0.25) is 0 Å². The second-order valence-corrected chi connectivity index (χ2v) is 7.19. The average Bonchev–Trinajstić information content (AvgIpc) is 2.33. The molecule has 0 saturated heterocycles. The van der Waals surface area contributed by atoms with Gasteiger partial charge in [-0.25, -0.2) is 8.42 Å². The molecule has 0 aliphatic rings. The van der Waals surface area contributed by atoms with E-state index in [1.807, 2.05) is 0 Å². The summed E-state index contributed by atoms with van der Waals surface area (Å²) in [5.41, 5.74) is 6.35. The van der Waals surface area contributed by atoms with Gasteiger partial charge in [0.1, 0.15) is 4.90 Å². The molecule has 0 spiro atoms. The van der Waals surface area contributed by atoms with Crippen LogP contribution in [0.2, 0.25) is 0 Å². The predicted octanol–water partition coefficient (Wildman–Crippen LogP) is 3.59. The molecule has 0 saturated carbocycles. The summed E-state index contributed by atoms with van der Waals surface area (Å²) in [6, 6.07) is 11.5. The molecule has 0 fully saturated rings. The number of nitrogen functional groups attached to an aromatic ring is 1. The summed E-state index contributed by atoms with van der Waals surface area (Å²) in [4.78, 5) is 0.0600. The van der Waals surface area contributed by atoms with Crippen LogP contribution in [0.15, 0.2) is 56.3 Å². The van der Waals surface area contributed by atoms with Crippen LogP contribution in [0.5, 0.6) is 0 Å². The second kappa shape index (κ2) is 5.52. The van der Waals surface area contributed by atoms with Gasteiger partial charge >= 0.3 is 0 Å². The summed E-state index contributed by atoms with van der Waals surface area (Å²) in [6.45, 7) is 0. The van der Waals surface area contributed by atoms with E-state index in [-0.39, 0.29) is 10.6 Å². The van der Waals surface area contributed by atoms with E-state index >= 15 is 0 Å². The number of hydrogen-bond donors (Lipinski definition) is 2. The average molecular weight is 406 g/mol. The van der Waals surface area contributed by atoms with E-state index in [4.69, 9.17) is 5.73 Å². The van der Waals surface area contributed by atoms with Gasteiger partial charge in [0.15, 0.2) is 0 Å². The summed E-state index contributed by atoms with van der Waals surface area (Å²) in [6.07, 6.45) is 0. The molecule has 7 heteroatoms. The number of sulfonamides is 1. The number of benzene rings is 2. The van der Waals surface area contributed by atoms with E-state index in [2.05, 4.69) is 36.6 Å². The first-order valence-corrected chi connectivity index (χ1v) is 8.29. The van der Waals surface area contributed by atoms with Gasteiger partial charge in [-0.05, 0) is 46.3 Å². The Morgan fingerprint density at radius 2 is 1.74 bits per heavy atom. The molecule has 0 heterocycles. The van der Waals surface area contributed by atoms with E-state index in [1.165, 1.54) is 6.07 Å². The van der Waals surface area contributed by atoms with Crippen molar-refractivity contribution in [2.45, 2.75) is 4.90 Å². The van der Waals surface area contributed by atoms with Crippen molar-refractivity contribution in [2.24, 2.45) is 0 Å². The number of rotatable bonds is 3. The molecule has 3 N–H and O–H groups in total. The lowest BCUT2D eigenvalue weighted by atomic mass is 10.3. The molecule has 0 aliphatic heterocycles. The van der Waals surface area contributed by atoms with Crippen LogP contribution in [0, 0.1) is 0 Å². The highest BCUT2D eigenvalue weighted by molar-refractivity contribution is 9.11. The van der Waals surface area contributed by atoms with Gasteiger partial charge in [-0.15, -0.1) is 0 Å². The molecule has 4 nitrogen and oxygen atoms in total. The Kier molecular flexibility index (Phi) is 4.17. The maximum atomic E-state index is 12.2. The van der Waals surface area contributed by atoms with Crippen molar-refractivity contribution in [3.63, 3.8) is 0 Å². The van der Waals surface area contributed by atoms with Gasteiger partial charge in [0.05, 0.1) is 11.4 Å². The molecule has 100 valence electrons. The minimum absolute atomic E-state index is 0.0600. The largest absolute Gasteiger partial charge is 0.398 e. The third-order valence-corrected chi connectivity index (χ3v) is 4.97. The molecule has 0 aliphatic carbocycles. The van der Waals surface area contributed by atoms with Crippen LogP contribution in [0.4, 0.5) is 11.4 Å². The predicted molar refractivity (Wildman–Crippen MR) is 83.5 cm³/mol. The summed E-state index contributed by atoms with van der Waals surface area (Å²) in [5, 5.41) is 0. The van der Waals surface area contributed by atoms with Gasteiger partial charge in [0, 0.05) is 8.95 Å². The fourth-order valence-corrected chi connectivity index (χ4v) is 3.99. The molecule has 0 amide bonds. The zero-order chi connectivity index (χ0) is 14.0. The van der Waals surface area contributed by atoms with E-state index in [1.54, 1.807) is 36.4 Å². The second-order valence-electron chi connectivity index (χ2n) is 3.77. The van der Waals surface area contributed by atoms with E-state index in [0.29, 0.717) is 10.2 Å². The summed E-state index contributed by atoms with van der Waals surface area (Å²) >= 11 is 6.61. The quantitative estimate of drug-likeness (QED) is 0.766. The lowest BCUT2D eigenvalue weighted by molar-refractivity contribution is 0.601. The van der Waals surface area contributed by atoms with Crippen LogP contribution >= 0.6 is 31.9 Å². The summed E-state index contributed by atoms with van der Waals surface area (Å²) in [7, 11) is -3.70. The molecule has 0 aromatic heterocycles. The minimum atomic E-state index is -3.70. The third kappa shape index (κ3) is 3.29. The zero-order valence-electron chi connectivity index (χ0n) is 9.60. The first-order chi connectivity index (χ1) is 8.90. The molecule has 0 atom stereocenters. The minimum Gasteiger partial charge on any atom is -0.398 e. The monoisotopic (exact) mass is 404 g/mol. The van der Waals surface area contributed by atoms with Crippen molar-refractivity contribution in [1.82, 2.24) is 0 Å². The van der Waals surface area contributed by atoms with Gasteiger partial charge < -0.3 is 5.73 Å². The number of hydrogen-bond acceptors (Lipinski definition) is 3. The van der Waals surface area contributed by atoms with Crippen molar-refractivity contribution < 1.29 is 8.42 Å². The number of para-hydroxylation sites is 1. The molecule has 0 unspecified atom stereocenters.